The fraction of sp³-hybridized carbons (Fsp3) is 0.667. The molecular formula is C9H5F9O4. The van der Waals surface area contributed by atoms with Gasteiger partial charge in [0.2, 0.25) is 0 Å². The van der Waals surface area contributed by atoms with E-state index in [4.69, 9.17) is 0 Å². The molecule has 1 aromatic heterocycles. The van der Waals surface area contributed by atoms with Gasteiger partial charge in [0.25, 0.3) is 0 Å². The SMILES string of the molecule is O=c1occ(CC(F)(F)C(F)(F)OCC(F)(F)C(F)(F)F)o1. The Morgan fingerprint density at radius 3 is 1.91 bits per heavy atom. The zero-order valence-electron chi connectivity index (χ0n) is 10.0. The summed E-state index contributed by atoms with van der Waals surface area (Å²) in [5.41, 5.74) is 0. The van der Waals surface area contributed by atoms with E-state index in [0.717, 1.165) is 0 Å². The Kier molecular flexibility index (Phi) is 4.61. The molecule has 0 N–H and O–H groups in total. The minimum atomic E-state index is -6.25. The molecule has 4 nitrogen and oxygen atoms in total. The van der Waals surface area contributed by atoms with Gasteiger partial charge in [0.05, 0.1) is 6.42 Å². The van der Waals surface area contributed by atoms with Crippen molar-refractivity contribution in [3.8, 4) is 0 Å². The van der Waals surface area contributed by atoms with Crippen LogP contribution in [-0.2, 0) is 11.2 Å². The molecule has 0 aliphatic carbocycles. The predicted molar refractivity (Wildman–Crippen MR) is 47.8 cm³/mol. The number of hydrogen-bond acceptors (Lipinski definition) is 4. The zero-order valence-corrected chi connectivity index (χ0v) is 10.0. The van der Waals surface area contributed by atoms with Gasteiger partial charge in [0, 0.05) is 0 Å². The van der Waals surface area contributed by atoms with E-state index in [1.54, 1.807) is 0 Å². The highest BCUT2D eigenvalue weighted by Crippen LogP contribution is 2.41. The Labute approximate surface area is 114 Å². The highest BCUT2D eigenvalue weighted by molar-refractivity contribution is 4.95. The van der Waals surface area contributed by atoms with E-state index >= 15 is 0 Å². The van der Waals surface area contributed by atoms with Crippen LogP contribution in [0.15, 0.2) is 19.9 Å². The molecule has 0 saturated heterocycles. The summed E-state index contributed by atoms with van der Waals surface area (Å²) in [6.07, 6.45) is -13.7. The highest BCUT2D eigenvalue weighted by atomic mass is 19.4. The molecule has 0 amide bonds. The van der Waals surface area contributed by atoms with Crippen LogP contribution in [0.4, 0.5) is 39.5 Å². The van der Waals surface area contributed by atoms with Gasteiger partial charge < -0.3 is 13.6 Å². The maximum Gasteiger partial charge on any atom is 0.518 e. The molecule has 1 heterocycles. The maximum absolute atomic E-state index is 13.2. The molecule has 128 valence electrons. The number of ether oxygens (including phenoxy) is 1. The first-order chi connectivity index (χ1) is 9.68. The van der Waals surface area contributed by atoms with Gasteiger partial charge in [-0.15, -0.1) is 0 Å². The van der Waals surface area contributed by atoms with Crippen LogP contribution in [0.1, 0.15) is 5.76 Å². The molecule has 0 aliphatic rings. The molecule has 0 unspecified atom stereocenters. The summed E-state index contributed by atoms with van der Waals surface area (Å²) < 4.78 is 123. The Bertz CT molecular complexity index is 556. The van der Waals surface area contributed by atoms with E-state index in [0.29, 0.717) is 0 Å². The minimum absolute atomic E-state index is 0.247. The summed E-state index contributed by atoms with van der Waals surface area (Å²) in [7, 11) is 0. The van der Waals surface area contributed by atoms with Crippen LogP contribution >= 0.6 is 0 Å². The first-order valence-electron chi connectivity index (χ1n) is 5.10. The van der Waals surface area contributed by atoms with E-state index in [1.807, 2.05) is 0 Å². The van der Waals surface area contributed by atoms with Gasteiger partial charge in [0.1, 0.15) is 12.9 Å². The molecule has 0 bridgehead atoms. The molecule has 1 rings (SSSR count). The van der Waals surface area contributed by atoms with Gasteiger partial charge in [-0.3, -0.25) is 0 Å². The van der Waals surface area contributed by atoms with Gasteiger partial charge in [0.15, 0.2) is 5.76 Å². The van der Waals surface area contributed by atoms with Crippen LogP contribution in [0.25, 0.3) is 0 Å². The third-order valence-electron chi connectivity index (χ3n) is 2.17. The lowest BCUT2D eigenvalue weighted by atomic mass is 10.2. The molecule has 0 aromatic carbocycles. The van der Waals surface area contributed by atoms with Crippen LogP contribution in [0.3, 0.4) is 0 Å². The molecule has 1 aromatic rings. The Balaban J connectivity index is 2.81. The first-order valence-corrected chi connectivity index (χ1v) is 5.10. The molecule has 0 aliphatic heterocycles. The van der Waals surface area contributed by atoms with Crippen LogP contribution in [0.2, 0.25) is 0 Å². The van der Waals surface area contributed by atoms with Crippen molar-refractivity contribution in [2.75, 3.05) is 6.61 Å². The Hall–Kier alpha value is -1.66. The third kappa shape index (κ3) is 3.96. The standard InChI is InChI=1S/C9H5F9O4/c10-6(11,1-4-2-20-5(19)22-4)9(17,18)21-3-7(12,13)8(14,15)16/h2H,1,3H2. The fourth-order valence-electron chi connectivity index (χ4n) is 1.04. The lowest BCUT2D eigenvalue weighted by Gasteiger charge is -2.27. The van der Waals surface area contributed by atoms with Gasteiger partial charge in [-0.1, -0.05) is 0 Å². The smallest absolute Gasteiger partial charge is 0.399 e. The van der Waals surface area contributed by atoms with Crippen molar-refractivity contribution in [2.24, 2.45) is 0 Å². The first kappa shape index (κ1) is 18.4. The van der Waals surface area contributed by atoms with Crippen molar-refractivity contribution in [3.63, 3.8) is 0 Å². The van der Waals surface area contributed by atoms with Crippen molar-refractivity contribution in [2.45, 2.75) is 30.6 Å². The zero-order chi connectivity index (χ0) is 17.4. The molecule has 0 saturated carbocycles. The van der Waals surface area contributed by atoms with Crippen LogP contribution in [0.5, 0.6) is 0 Å². The number of rotatable bonds is 6. The molecule has 0 spiro atoms. The normalized spacial score (nSPS) is 14.4. The van der Waals surface area contributed by atoms with Gasteiger partial charge in [-0.2, -0.15) is 39.5 Å². The van der Waals surface area contributed by atoms with Crippen molar-refractivity contribution in [1.82, 2.24) is 0 Å². The topological polar surface area (TPSA) is 52.6 Å². The summed E-state index contributed by atoms with van der Waals surface area (Å²) >= 11 is 0. The summed E-state index contributed by atoms with van der Waals surface area (Å²) in [4.78, 5) is 10.4. The molecule has 22 heavy (non-hydrogen) atoms. The molecular weight excluding hydrogens is 343 g/mol. The fourth-order valence-corrected chi connectivity index (χ4v) is 1.04. The highest BCUT2D eigenvalue weighted by Gasteiger charge is 2.63. The van der Waals surface area contributed by atoms with Crippen molar-refractivity contribution in [3.05, 3.63) is 22.6 Å². The summed E-state index contributed by atoms with van der Waals surface area (Å²) in [5, 5.41) is 0. The summed E-state index contributed by atoms with van der Waals surface area (Å²) in [6, 6.07) is 0. The quantitative estimate of drug-likeness (QED) is 0.741. The monoisotopic (exact) mass is 348 g/mol. The average molecular weight is 348 g/mol. The van der Waals surface area contributed by atoms with Gasteiger partial charge >= 0.3 is 30.0 Å². The summed E-state index contributed by atoms with van der Waals surface area (Å²) in [6.45, 7) is -3.02. The lowest BCUT2D eigenvalue weighted by molar-refractivity contribution is -0.380. The largest absolute Gasteiger partial charge is 0.518 e. The predicted octanol–water partition coefficient (Wildman–Crippen LogP) is 3.22. The maximum atomic E-state index is 13.2. The number of alkyl halides is 9. The van der Waals surface area contributed by atoms with Crippen LogP contribution in [-0.4, -0.2) is 30.7 Å². The average Bonchev–Trinajstić information content (AvgIpc) is 2.70. The minimum Gasteiger partial charge on any atom is -0.399 e. The molecule has 0 fully saturated rings. The summed E-state index contributed by atoms with van der Waals surface area (Å²) in [5.74, 6) is -13.6. The van der Waals surface area contributed by atoms with E-state index in [1.165, 1.54) is 0 Å². The second kappa shape index (κ2) is 5.52. The second-order valence-corrected chi connectivity index (χ2v) is 3.94. The Morgan fingerprint density at radius 1 is 0.955 bits per heavy atom. The van der Waals surface area contributed by atoms with E-state index in [2.05, 4.69) is 13.6 Å². The van der Waals surface area contributed by atoms with Crippen molar-refractivity contribution < 1.29 is 53.1 Å². The van der Waals surface area contributed by atoms with Crippen LogP contribution in [0, 0.1) is 0 Å². The van der Waals surface area contributed by atoms with E-state index < -0.39 is 48.7 Å². The van der Waals surface area contributed by atoms with Crippen LogP contribution < -0.4 is 5.82 Å². The Morgan fingerprint density at radius 2 is 1.50 bits per heavy atom. The number of hydrogen-bond donors (Lipinski definition) is 0. The number of halogens is 9. The van der Waals surface area contributed by atoms with E-state index in [-0.39, 0.29) is 6.26 Å². The lowest BCUT2D eigenvalue weighted by Crippen LogP contribution is -2.49. The van der Waals surface area contributed by atoms with Gasteiger partial charge in [-0.25, -0.2) is 4.79 Å². The second-order valence-electron chi connectivity index (χ2n) is 3.94. The molecule has 0 atom stereocenters. The molecule has 13 heteroatoms. The van der Waals surface area contributed by atoms with Crippen molar-refractivity contribution >= 4 is 0 Å². The molecule has 0 radical (unpaired) electrons. The van der Waals surface area contributed by atoms with Gasteiger partial charge in [-0.05, 0) is 0 Å². The van der Waals surface area contributed by atoms with Crippen molar-refractivity contribution in [1.29, 1.82) is 0 Å². The third-order valence-corrected chi connectivity index (χ3v) is 2.17. The van der Waals surface area contributed by atoms with E-state index in [9.17, 15) is 44.3 Å².